The van der Waals surface area contributed by atoms with Crippen molar-refractivity contribution in [2.24, 2.45) is 0 Å². The summed E-state index contributed by atoms with van der Waals surface area (Å²) in [6, 6.07) is 10.1. The Labute approximate surface area is 140 Å². The van der Waals surface area contributed by atoms with Crippen LogP contribution in [0.1, 0.15) is 51.9 Å². The zero-order valence-electron chi connectivity index (χ0n) is 14.2. The van der Waals surface area contributed by atoms with Crippen LogP contribution < -0.4 is 4.74 Å². The maximum atomic E-state index is 6.62. The fraction of sp³-hybridized carbons (Fsp3) is 0.524. The minimum absolute atomic E-state index is 0.159. The van der Waals surface area contributed by atoms with Gasteiger partial charge >= 0.3 is 0 Å². The summed E-state index contributed by atoms with van der Waals surface area (Å²) in [6.07, 6.45) is 12.6. The van der Waals surface area contributed by atoms with Gasteiger partial charge in [-0.1, -0.05) is 36.9 Å². The second-order valence-corrected chi connectivity index (χ2v) is 6.95. The molecule has 0 aliphatic heterocycles. The van der Waals surface area contributed by atoms with Crippen LogP contribution in [0.5, 0.6) is 5.75 Å². The van der Waals surface area contributed by atoms with E-state index in [-0.39, 0.29) is 17.8 Å². The van der Waals surface area contributed by atoms with Crippen molar-refractivity contribution in [3.63, 3.8) is 0 Å². The predicted octanol–water partition coefficient (Wildman–Crippen LogP) is 5.45. The van der Waals surface area contributed by atoms with Gasteiger partial charge in [0.2, 0.25) is 0 Å². The molecule has 2 nitrogen and oxygen atoms in total. The predicted molar refractivity (Wildman–Crippen MR) is 94.7 cm³/mol. The molecule has 0 heterocycles. The first-order valence-electron chi connectivity index (χ1n) is 8.88. The number of benzene rings is 1. The van der Waals surface area contributed by atoms with Crippen molar-refractivity contribution in [1.29, 1.82) is 0 Å². The Morgan fingerprint density at radius 3 is 2.61 bits per heavy atom. The average Bonchev–Trinajstić information content (AvgIpc) is 2.57. The molecule has 3 atom stereocenters. The van der Waals surface area contributed by atoms with Gasteiger partial charge in [0.05, 0.1) is 11.7 Å². The largest absolute Gasteiger partial charge is 0.490 e. The molecule has 3 rings (SSSR count). The van der Waals surface area contributed by atoms with Crippen LogP contribution in [-0.2, 0) is 4.74 Å². The van der Waals surface area contributed by atoms with E-state index >= 15 is 0 Å². The summed E-state index contributed by atoms with van der Waals surface area (Å²) in [7, 11) is 0. The molecule has 3 unspecified atom stereocenters. The van der Waals surface area contributed by atoms with E-state index in [1.165, 1.54) is 6.42 Å². The van der Waals surface area contributed by atoms with Crippen LogP contribution in [0.25, 0.3) is 0 Å². The number of hydrogen-bond acceptors (Lipinski definition) is 2. The highest BCUT2D eigenvalue weighted by atomic mass is 16.5. The van der Waals surface area contributed by atoms with Crippen molar-refractivity contribution in [3.05, 3.63) is 54.6 Å². The van der Waals surface area contributed by atoms with Crippen molar-refractivity contribution in [3.8, 4) is 5.75 Å². The van der Waals surface area contributed by atoms with Crippen LogP contribution in [-0.4, -0.2) is 17.8 Å². The smallest absolute Gasteiger partial charge is 0.119 e. The van der Waals surface area contributed by atoms with E-state index in [9.17, 15) is 0 Å². The maximum Gasteiger partial charge on any atom is 0.119 e. The van der Waals surface area contributed by atoms with Gasteiger partial charge in [0, 0.05) is 6.42 Å². The molecule has 0 bridgehead atoms. The molecule has 0 spiro atoms. The van der Waals surface area contributed by atoms with Crippen molar-refractivity contribution in [2.75, 3.05) is 0 Å². The molecule has 2 heteroatoms. The standard InChI is InChI=1S/C21H28O2/c1-17(2)21(14-7-4-8-15-21)23-20-13-9-12-19(16-20)22-18-10-5-3-6-11-18/h3-7,10-11,19-20H,1,8-9,12-16H2,2H3. The van der Waals surface area contributed by atoms with Crippen LogP contribution >= 0.6 is 0 Å². The van der Waals surface area contributed by atoms with Gasteiger partial charge in [-0.15, -0.1) is 0 Å². The molecule has 1 aromatic rings. The van der Waals surface area contributed by atoms with Gasteiger partial charge in [-0.25, -0.2) is 0 Å². The van der Waals surface area contributed by atoms with Crippen LogP contribution in [0, 0.1) is 0 Å². The SMILES string of the molecule is C=C(C)C1(OC2CCCC(Oc3ccccc3)C2)CC=CCC1. The van der Waals surface area contributed by atoms with Crippen molar-refractivity contribution < 1.29 is 9.47 Å². The number of ether oxygens (including phenoxy) is 2. The van der Waals surface area contributed by atoms with E-state index in [2.05, 4.69) is 25.7 Å². The number of para-hydroxylation sites is 1. The normalized spacial score (nSPS) is 30.8. The van der Waals surface area contributed by atoms with Gasteiger partial charge in [0.1, 0.15) is 11.9 Å². The Morgan fingerprint density at radius 1 is 1.13 bits per heavy atom. The molecule has 2 aliphatic carbocycles. The highest BCUT2D eigenvalue weighted by molar-refractivity contribution is 5.21. The zero-order chi connectivity index (χ0) is 16.1. The van der Waals surface area contributed by atoms with Gasteiger partial charge in [-0.05, 0) is 63.2 Å². The molecule has 0 aromatic heterocycles. The Hall–Kier alpha value is -1.54. The van der Waals surface area contributed by atoms with E-state index in [0.29, 0.717) is 0 Å². The quantitative estimate of drug-likeness (QED) is 0.673. The van der Waals surface area contributed by atoms with Gasteiger partial charge in [0.25, 0.3) is 0 Å². The second-order valence-electron chi connectivity index (χ2n) is 6.95. The number of hydrogen-bond donors (Lipinski definition) is 0. The Bertz CT molecular complexity index is 548. The van der Waals surface area contributed by atoms with Gasteiger partial charge in [-0.3, -0.25) is 0 Å². The molecular weight excluding hydrogens is 284 g/mol. The Kier molecular flexibility index (Phi) is 5.22. The van der Waals surface area contributed by atoms with Gasteiger partial charge < -0.3 is 9.47 Å². The lowest BCUT2D eigenvalue weighted by atomic mass is 9.82. The van der Waals surface area contributed by atoms with Gasteiger partial charge in [-0.2, -0.15) is 0 Å². The summed E-state index contributed by atoms with van der Waals surface area (Å²) in [5.74, 6) is 0.966. The van der Waals surface area contributed by atoms with Crippen molar-refractivity contribution in [2.45, 2.75) is 69.7 Å². The summed E-state index contributed by atoms with van der Waals surface area (Å²) >= 11 is 0. The molecule has 1 saturated carbocycles. The Balaban J connectivity index is 1.61. The van der Waals surface area contributed by atoms with Crippen LogP contribution in [0.3, 0.4) is 0 Å². The fourth-order valence-corrected chi connectivity index (χ4v) is 3.73. The van der Waals surface area contributed by atoms with Crippen molar-refractivity contribution >= 4 is 0 Å². The fourth-order valence-electron chi connectivity index (χ4n) is 3.73. The summed E-state index contributed by atoms with van der Waals surface area (Å²) in [4.78, 5) is 0. The van der Waals surface area contributed by atoms with Gasteiger partial charge in [0.15, 0.2) is 0 Å². The van der Waals surface area contributed by atoms with E-state index < -0.39 is 0 Å². The third-order valence-electron chi connectivity index (χ3n) is 5.12. The van der Waals surface area contributed by atoms with Crippen LogP contribution in [0.2, 0.25) is 0 Å². The number of allylic oxidation sites excluding steroid dienone is 1. The second kappa shape index (κ2) is 7.35. The van der Waals surface area contributed by atoms with E-state index in [1.807, 2.05) is 30.3 Å². The topological polar surface area (TPSA) is 18.5 Å². The van der Waals surface area contributed by atoms with Crippen molar-refractivity contribution in [1.82, 2.24) is 0 Å². The van der Waals surface area contributed by atoms with Crippen LogP contribution in [0.15, 0.2) is 54.6 Å². The lowest BCUT2D eigenvalue weighted by molar-refractivity contribution is -0.101. The maximum absolute atomic E-state index is 6.62. The molecule has 2 aliphatic rings. The highest BCUT2D eigenvalue weighted by Gasteiger charge is 2.36. The first-order valence-corrected chi connectivity index (χ1v) is 8.88. The lowest BCUT2D eigenvalue weighted by Crippen LogP contribution is -2.41. The van der Waals surface area contributed by atoms with E-state index in [0.717, 1.165) is 49.8 Å². The third-order valence-corrected chi connectivity index (χ3v) is 5.12. The molecule has 1 fully saturated rings. The summed E-state index contributed by atoms with van der Waals surface area (Å²) in [5.41, 5.74) is 1.00. The minimum atomic E-state index is -0.159. The van der Waals surface area contributed by atoms with E-state index in [4.69, 9.17) is 9.47 Å². The third kappa shape index (κ3) is 4.06. The molecule has 124 valence electrons. The molecule has 0 N–H and O–H groups in total. The first-order chi connectivity index (χ1) is 11.2. The molecule has 0 radical (unpaired) electrons. The first kappa shape index (κ1) is 16.3. The minimum Gasteiger partial charge on any atom is -0.490 e. The molecule has 1 aromatic carbocycles. The molecule has 23 heavy (non-hydrogen) atoms. The zero-order valence-corrected chi connectivity index (χ0v) is 14.2. The summed E-state index contributed by atoms with van der Waals surface area (Å²) < 4.78 is 12.8. The molecule has 0 saturated heterocycles. The average molecular weight is 312 g/mol. The summed E-state index contributed by atoms with van der Waals surface area (Å²) in [6.45, 7) is 6.32. The number of rotatable bonds is 5. The molecule has 0 amide bonds. The summed E-state index contributed by atoms with van der Waals surface area (Å²) in [5, 5.41) is 0. The molecular formula is C21H28O2. The highest BCUT2D eigenvalue weighted by Crippen LogP contribution is 2.38. The monoisotopic (exact) mass is 312 g/mol. The lowest BCUT2D eigenvalue weighted by Gasteiger charge is -2.41. The van der Waals surface area contributed by atoms with Crippen LogP contribution in [0.4, 0.5) is 0 Å². The Morgan fingerprint density at radius 2 is 1.91 bits per heavy atom. The van der Waals surface area contributed by atoms with E-state index in [1.54, 1.807) is 0 Å².